The first-order chi connectivity index (χ1) is 4.68. The van der Waals surface area contributed by atoms with Gasteiger partial charge < -0.3 is 9.63 Å². The predicted octanol–water partition coefficient (Wildman–Crippen LogP) is 1.44. The molecule has 1 N–H and O–H groups in total. The third kappa shape index (κ3) is 3.16. The van der Waals surface area contributed by atoms with Crippen molar-refractivity contribution < 1.29 is 14.2 Å². The standard InChI is InChI=1S/C6H13O3P/c1-3-10(8,4-2)9-6-5-7/h3,7H,1,4-6H2,2H3. The summed E-state index contributed by atoms with van der Waals surface area (Å²) in [7, 11) is -2.59. The van der Waals surface area contributed by atoms with Gasteiger partial charge in [0.15, 0.2) is 0 Å². The summed E-state index contributed by atoms with van der Waals surface area (Å²) < 4.78 is 16.1. The molecule has 0 fully saturated rings. The monoisotopic (exact) mass is 164 g/mol. The highest BCUT2D eigenvalue weighted by atomic mass is 31.2. The first kappa shape index (κ1) is 9.89. The average Bonchev–Trinajstić information content (AvgIpc) is 2.00. The fourth-order valence-corrected chi connectivity index (χ4v) is 1.41. The number of rotatable bonds is 5. The average molecular weight is 164 g/mol. The van der Waals surface area contributed by atoms with E-state index < -0.39 is 7.37 Å². The molecule has 1 atom stereocenters. The Morgan fingerprint density at radius 1 is 1.80 bits per heavy atom. The molecule has 3 nitrogen and oxygen atoms in total. The Balaban J connectivity index is 3.82. The lowest BCUT2D eigenvalue weighted by atomic mass is 10.8. The Hall–Kier alpha value is -0.110. The highest BCUT2D eigenvalue weighted by molar-refractivity contribution is 7.62. The highest BCUT2D eigenvalue weighted by Crippen LogP contribution is 2.46. The lowest BCUT2D eigenvalue weighted by molar-refractivity contribution is 0.205. The maximum atomic E-state index is 11.3. The van der Waals surface area contributed by atoms with E-state index in [9.17, 15) is 4.57 Å². The molecule has 60 valence electrons. The molecule has 0 aromatic heterocycles. The summed E-state index contributed by atoms with van der Waals surface area (Å²) in [5.41, 5.74) is 0. The Labute approximate surface area is 61.2 Å². The van der Waals surface area contributed by atoms with Gasteiger partial charge in [-0.1, -0.05) is 13.5 Å². The smallest absolute Gasteiger partial charge is 0.224 e. The second kappa shape index (κ2) is 4.67. The fourth-order valence-electron chi connectivity index (χ4n) is 0.468. The van der Waals surface area contributed by atoms with E-state index in [0.717, 1.165) is 0 Å². The summed E-state index contributed by atoms with van der Waals surface area (Å²) in [6, 6.07) is 0. The van der Waals surface area contributed by atoms with Crippen LogP contribution in [0.25, 0.3) is 0 Å². The van der Waals surface area contributed by atoms with Crippen LogP contribution in [-0.2, 0) is 9.09 Å². The SMILES string of the molecule is C=CP(=O)(CC)OCCO. The quantitative estimate of drug-likeness (QED) is 0.625. The van der Waals surface area contributed by atoms with E-state index in [1.165, 1.54) is 5.82 Å². The largest absolute Gasteiger partial charge is 0.394 e. The lowest BCUT2D eigenvalue weighted by Crippen LogP contribution is -1.97. The van der Waals surface area contributed by atoms with Gasteiger partial charge in [0.25, 0.3) is 0 Å². The van der Waals surface area contributed by atoms with Crippen molar-refractivity contribution in [3.8, 4) is 0 Å². The Morgan fingerprint density at radius 3 is 2.70 bits per heavy atom. The zero-order valence-corrected chi connectivity index (χ0v) is 7.01. The van der Waals surface area contributed by atoms with E-state index in [4.69, 9.17) is 9.63 Å². The van der Waals surface area contributed by atoms with E-state index in [1.807, 2.05) is 0 Å². The van der Waals surface area contributed by atoms with Gasteiger partial charge in [0.1, 0.15) is 0 Å². The molecule has 0 saturated heterocycles. The van der Waals surface area contributed by atoms with Crippen LogP contribution in [0.1, 0.15) is 6.92 Å². The Morgan fingerprint density at radius 2 is 2.40 bits per heavy atom. The molecular formula is C6H13O3P. The van der Waals surface area contributed by atoms with Crippen molar-refractivity contribution in [3.05, 3.63) is 12.4 Å². The molecule has 10 heavy (non-hydrogen) atoms. The van der Waals surface area contributed by atoms with Gasteiger partial charge in [0.05, 0.1) is 13.2 Å². The molecule has 0 aliphatic heterocycles. The third-order valence-electron chi connectivity index (χ3n) is 1.12. The van der Waals surface area contributed by atoms with Crippen LogP contribution in [0.3, 0.4) is 0 Å². The minimum Gasteiger partial charge on any atom is -0.394 e. The predicted molar refractivity (Wildman–Crippen MR) is 41.4 cm³/mol. The Bertz CT molecular complexity index is 144. The van der Waals surface area contributed by atoms with Gasteiger partial charge in [-0.05, 0) is 5.82 Å². The highest BCUT2D eigenvalue weighted by Gasteiger charge is 2.13. The van der Waals surface area contributed by atoms with Crippen molar-refractivity contribution in [3.63, 3.8) is 0 Å². The fraction of sp³-hybridized carbons (Fsp3) is 0.667. The molecule has 0 aromatic rings. The van der Waals surface area contributed by atoms with Gasteiger partial charge in [0, 0.05) is 6.16 Å². The topological polar surface area (TPSA) is 46.5 Å². The molecule has 4 heteroatoms. The van der Waals surface area contributed by atoms with Gasteiger partial charge in [-0.25, -0.2) is 0 Å². The van der Waals surface area contributed by atoms with Crippen molar-refractivity contribution in [1.29, 1.82) is 0 Å². The molecular weight excluding hydrogens is 151 g/mol. The number of aliphatic hydroxyl groups excluding tert-OH is 1. The van der Waals surface area contributed by atoms with Crippen LogP contribution in [0, 0.1) is 0 Å². The second-order valence-electron chi connectivity index (χ2n) is 1.78. The van der Waals surface area contributed by atoms with E-state index in [2.05, 4.69) is 6.58 Å². The molecule has 0 aromatic carbocycles. The first-order valence-electron chi connectivity index (χ1n) is 3.16. The second-order valence-corrected chi connectivity index (χ2v) is 4.49. The summed E-state index contributed by atoms with van der Waals surface area (Å²) in [5.74, 6) is 1.32. The molecule has 0 spiro atoms. The van der Waals surface area contributed by atoms with Gasteiger partial charge >= 0.3 is 0 Å². The van der Waals surface area contributed by atoms with E-state index in [-0.39, 0.29) is 13.2 Å². The molecule has 0 heterocycles. The minimum absolute atomic E-state index is 0.0994. The summed E-state index contributed by atoms with van der Waals surface area (Å²) in [6.45, 7) is 5.17. The van der Waals surface area contributed by atoms with Crippen LogP contribution in [-0.4, -0.2) is 24.5 Å². The van der Waals surface area contributed by atoms with Crippen molar-refractivity contribution in [2.24, 2.45) is 0 Å². The van der Waals surface area contributed by atoms with Crippen LogP contribution in [0.15, 0.2) is 12.4 Å². The lowest BCUT2D eigenvalue weighted by Gasteiger charge is -2.10. The first-order valence-corrected chi connectivity index (χ1v) is 5.04. The maximum absolute atomic E-state index is 11.3. The zero-order chi connectivity index (χ0) is 8.04. The summed E-state index contributed by atoms with van der Waals surface area (Å²) in [4.78, 5) is 0. The normalized spacial score (nSPS) is 16.2. The third-order valence-corrected chi connectivity index (χ3v) is 3.18. The van der Waals surface area contributed by atoms with Crippen molar-refractivity contribution in [1.82, 2.24) is 0 Å². The van der Waals surface area contributed by atoms with Crippen molar-refractivity contribution >= 4 is 7.37 Å². The molecule has 0 aliphatic rings. The van der Waals surface area contributed by atoms with Crippen LogP contribution < -0.4 is 0 Å². The molecule has 0 amide bonds. The van der Waals surface area contributed by atoms with Crippen LogP contribution >= 0.6 is 7.37 Å². The maximum Gasteiger partial charge on any atom is 0.224 e. The summed E-state index contributed by atoms with van der Waals surface area (Å²) in [6.07, 6.45) is 0.441. The molecule has 1 unspecified atom stereocenters. The van der Waals surface area contributed by atoms with Gasteiger partial charge in [-0.15, -0.1) is 0 Å². The summed E-state index contributed by atoms with van der Waals surface area (Å²) >= 11 is 0. The van der Waals surface area contributed by atoms with Crippen LogP contribution in [0.4, 0.5) is 0 Å². The van der Waals surface area contributed by atoms with Crippen LogP contribution in [0.2, 0.25) is 0 Å². The minimum atomic E-state index is -2.59. The zero-order valence-electron chi connectivity index (χ0n) is 6.12. The van der Waals surface area contributed by atoms with Gasteiger partial charge in [-0.3, -0.25) is 4.57 Å². The van der Waals surface area contributed by atoms with Crippen molar-refractivity contribution in [2.75, 3.05) is 19.4 Å². The number of aliphatic hydroxyl groups is 1. The van der Waals surface area contributed by atoms with E-state index in [0.29, 0.717) is 6.16 Å². The van der Waals surface area contributed by atoms with Gasteiger partial charge in [-0.2, -0.15) is 0 Å². The summed E-state index contributed by atoms with van der Waals surface area (Å²) in [5, 5.41) is 8.34. The molecule has 0 bridgehead atoms. The molecule has 0 aliphatic carbocycles. The van der Waals surface area contributed by atoms with Crippen LogP contribution in [0.5, 0.6) is 0 Å². The number of hydrogen-bond donors (Lipinski definition) is 1. The Kier molecular flexibility index (Phi) is 4.62. The van der Waals surface area contributed by atoms with Crippen molar-refractivity contribution in [2.45, 2.75) is 6.92 Å². The molecule has 0 radical (unpaired) electrons. The molecule has 0 rings (SSSR count). The van der Waals surface area contributed by atoms with E-state index in [1.54, 1.807) is 6.92 Å². The molecule has 0 saturated carbocycles. The van der Waals surface area contributed by atoms with Gasteiger partial charge in [0.2, 0.25) is 7.37 Å². The van der Waals surface area contributed by atoms with E-state index >= 15 is 0 Å². The number of hydrogen-bond acceptors (Lipinski definition) is 3.